The number of nitrogens with one attached hydrogen (secondary N) is 1. The van der Waals surface area contributed by atoms with Crippen LogP contribution in [-0.4, -0.2) is 21.5 Å². The lowest BCUT2D eigenvalue weighted by atomic mass is 10.2. The lowest BCUT2D eigenvalue weighted by molar-refractivity contribution is 0.102. The molecular formula is C22H19N3O2S. The standard InChI is InChI=1S/C22H19N3O2S/c1-28-18-11-9-16(10-12-18)24-22(26)19-6-2-3-7-20(19)27-15-17-14-25-13-5-4-8-21(25)23-17/h2-14H,15H2,1H3,(H,24,26). The lowest BCUT2D eigenvalue weighted by Crippen LogP contribution is -2.13. The summed E-state index contributed by atoms with van der Waals surface area (Å²) in [6.45, 7) is 0.286. The topological polar surface area (TPSA) is 55.6 Å². The van der Waals surface area contributed by atoms with Crippen LogP contribution >= 0.6 is 11.8 Å². The van der Waals surface area contributed by atoms with Crippen molar-refractivity contribution in [2.24, 2.45) is 0 Å². The van der Waals surface area contributed by atoms with Crippen molar-refractivity contribution < 1.29 is 9.53 Å². The van der Waals surface area contributed by atoms with Gasteiger partial charge in [-0.3, -0.25) is 4.79 Å². The second kappa shape index (κ2) is 8.19. The van der Waals surface area contributed by atoms with Gasteiger partial charge in [-0.2, -0.15) is 0 Å². The molecule has 0 spiro atoms. The largest absolute Gasteiger partial charge is 0.486 e. The molecule has 0 aliphatic carbocycles. The number of aromatic nitrogens is 2. The minimum Gasteiger partial charge on any atom is -0.486 e. The Morgan fingerprint density at radius 3 is 2.64 bits per heavy atom. The average molecular weight is 389 g/mol. The van der Waals surface area contributed by atoms with Gasteiger partial charge in [0, 0.05) is 23.0 Å². The Kier molecular flexibility index (Phi) is 5.30. The predicted molar refractivity (Wildman–Crippen MR) is 112 cm³/mol. The Morgan fingerprint density at radius 1 is 1.07 bits per heavy atom. The van der Waals surface area contributed by atoms with E-state index in [2.05, 4.69) is 10.3 Å². The van der Waals surface area contributed by atoms with Crippen molar-refractivity contribution in [1.29, 1.82) is 0 Å². The highest BCUT2D eigenvalue weighted by molar-refractivity contribution is 7.98. The zero-order valence-corrected chi connectivity index (χ0v) is 16.1. The van der Waals surface area contributed by atoms with Crippen molar-refractivity contribution in [3.63, 3.8) is 0 Å². The first-order chi connectivity index (χ1) is 13.7. The maximum Gasteiger partial charge on any atom is 0.259 e. The number of anilines is 1. The normalized spacial score (nSPS) is 10.8. The van der Waals surface area contributed by atoms with Gasteiger partial charge in [-0.25, -0.2) is 4.98 Å². The SMILES string of the molecule is CSc1ccc(NC(=O)c2ccccc2OCc2cn3ccccc3n2)cc1. The van der Waals surface area contributed by atoms with Gasteiger partial charge in [0.1, 0.15) is 18.0 Å². The van der Waals surface area contributed by atoms with Crippen molar-refractivity contribution in [1.82, 2.24) is 9.38 Å². The Hall–Kier alpha value is -3.25. The van der Waals surface area contributed by atoms with E-state index < -0.39 is 0 Å². The second-order valence-electron chi connectivity index (χ2n) is 6.17. The van der Waals surface area contributed by atoms with Crippen LogP contribution in [0.2, 0.25) is 0 Å². The van der Waals surface area contributed by atoms with Crippen LogP contribution < -0.4 is 10.1 Å². The van der Waals surface area contributed by atoms with Crippen molar-refractivity contribution in [2.75, 3.05) is 11.6 Å². The smallest absolute Gasteiger partial charge is 0.259 e. The van der Waals surface area contributed by atoms with E-state index in [1.54, 1.807) is 23.9 Å². The van der Waals surface area contributed by atoms with E-state index in [-0.39, 0.29) is 12.5 Å². The van der Waals surface area contributed by atoms with E-state index >= 15 is 0 Å². The number of fused-ring (bicyclic) bond motifs is 1. The number of para-hydroxylation sites is 1. The monoisotopic (exact) mass is 389 g/mol. The second-order valence-corrected chi connectivity index (χ2v) is 7.05. The molecule has 28 heavy (non-hydrogen) atoms. The molecule has 0 aliphatic rings. The van der Waals surface area contributed by atoms with Gasteiger partial charge >= 0.3 is 0 Å². The van der Waals surface area contributed by atoms with Gasteiger partial charge in [0.15, 0.2) is 0 Å². The summed E-state index contributed by atoms with van der Waals surface area (Å²) in [4.78, 5) is 18.4. The van der Waals surface area contributed by atoms with Gasteiger partial charge in [-0.05, 0) is 54.8 Å². The zero-order chi connectivity index (χ0) is 19.3. The molecule has 4 aromatic rings. The van der Waals surface area contributed by atoms with Gasteiger partial charge in [-0.1, -0.05) is 18.2 Å². The highest BCUT2D eigenvalue weighted by Crippen LogP contribution is 2.22. The summed E-state index contributed by atoms with van der Waals surface area (Å²) in [6, 6.07) is 20.8. The molecule has 0 saturated carbocycles. The summed E-state index contributed by atoms with van der Waals surface area (Å²) in [5.41, 5.74) is 2.90. The molecular weight excluding hydrogens is 370 g/mol. The first-order valence-electron chi connectivity index (χ1n) is 8.83. The van der Waals surface area contributed by atoms with E-state index in [1.807, 2.05) is 77.6 Å². The molecule has 0 unspecified atom stereocenters. The fraction of sp³-hybridized carbons (Fsp3) is 0.0909. The molecule has 0 saturated heterocycles. The molecule has 0 fully saturated rings. The molecule has 0 aliphatic heterocycles. The maximum atomic E-state index is 12.7. The van der Waals surface area contributed by atoms with Crippen molar-refractivity contribution in [2.45, 2.75) is 11.5 Å². The molecule has 2 heterocycles. The van der Waals surface area contributed by atoms with Crippen LogP contribution in [-0.2, 0) is 6.61 Å². The molecule has 1 N–H and O–H groups in total. The highest BCUT2D eigenvalue weighted by Gasteiger charge is 2.13. The van der Waals surface area contributed by atoms with E-state index in [1.165, 1.54) is 0 Å². The fourth-order valence-electron chi connectivity index (χ4n) is 2.86. The van der Waals surface area contributed by atoms with Gasteiger partial charge in [0.25, 0.3) is 5.91 Å². The van der Waals surface area contributed by atoms with Gasteiger partial charge in [0.2, 0.25) is 0 Å². The van der Waals surface area contributed by atoms with Gasteiger partial charge in [-0.15, -0.1) is 11.8 Å². The summed E-state index contributed by atoms with van der Waals surface area (Å²) in [6.07, 6.45) is 5.88. The molecule has 0 radical (unpaired) electrons. The number of amides is 1. The average Bonchev–Trinajstić information content (AvgIpc) is 3.16. The molecule has 5 nitrogen and oxygen atoms in total. The van der Waals surface area contributed by atoms with Crippen LogP contribution in [0, 0.1) is 0 Å². The molecule has 2 aromatic heterocycles. The van der Waals surface area contributed by atoms with Gasteiger partial charge in [0.05, 0.1) is 11.3 Å². The number of carbonyl (C=O) groups excluding carboxylic acids is 1. The quantitative estimate of drug-likeness (QED) is 0.477. The van der Waals surface area contributed by atoms with Crippen LogP contribution in [0.3, 0.4) is 0 Å². The first kappa shape index (κ1) is 18.1. The van der Waals surface area contributed by atoms with Crippen LogP contribution in [0.25, 0.3) is 5.65 Å². The number of thioether (sulfide) groups is 1. The van der Waals surface area contributed by atoms with E-state index in [4.69, 9.17) is 4.74 Å². The predicted octanol–water partition coefficient (Wildman–Crippen LogP) is 4.89. The minimum atomic E-state index is -0.206. The molecule has 1 amide bonds. The first-order valence-corrected chi connectivity index (χ1v) is 10.1. The fourth-order valence-corrected chi connectivity index (χ4v) is 3.27. The Labute approximate surface area is 167 Å². The number of pyridine rings is 1. The number of carbonyl (C=O) groups is 1. The number of ether oxygens (including phenoxy) is 1. The van der Waals surface area contributed by atoms with E-state index in [0.717, 1.165) is 21.9 Å². The zero-order valence-electron chi connectivity index (χ0n) is 15.3. The van der Waals surface area contributed by atoms with Crippen LogP contribution in [0.1, 0.15) is 16.1 Å². The molecule has 140 valence electrons. The summed E-state index contributed by atoms with van der Waals surface area (Å²) >= 11 is 1.66. The number of rotatable bonds is 6. The number of benzene rings is 2. The van der Waals surface area contributed by atoms with E-state index in [9.17, 15) is 4.79 Å². The Balaban J connectivity index is 1.48. The minimum absolute atomic E-state index is 0.206. The highest BCUT2D eigenvalue weighted by atomic mass is 32.2. The Morgan fingerprint density at radius 2 is 1.86 bits per heavy atom. The van der Waals surface area contributed by atoms with Crippen molar-refractivity contribution >= 4 is 29.0 Å². The summed E-state index contributed by atoms with van der Waals surface area (Å²) in [5.74, 6) is 0.320. The third-order valence-electron chi connectivity index (χ3n) is 4.27. The summed E-state index contributed by atoms with van der Waals surface area (Å²) in [5, 5.41) is 2.92. The van der Waals surface area contributed by atoms with E-state index in [0.29, 0.717) is 11.3 Å². The molecule has 4 rings (SSSR count). The third-order valence-corrected chi connectivity index (χ3v) is 5.01. The third kappa shape index (κ3) is 4.02. The van der Waals surface area contributed by atoms with Crippen LogP contribution in [0.4, 0.5) is 5.69 Å². The molecule has 0 bridgehead atoms. The number of imidazole rings is 1. The van der Waals surface area contributed by atoms with Crippen LogP contribution in [0.5, 0.6) is 5.75 Å². The van der Waals surface area contributed by atoms with Gasteiger partial charge < -0.3 is 14.5 Å². The number of nitrogens with zero attached hydrogens (tertiary/aromatic N) is 2. The summed E-state index contributed by atoms with van der Waals surface area (Å²) in [7, 11) is 0. The maximum absolute atomic E-state index is 12.7. The Bertz CT molecular complexity index is 1070. The molecule has 2 aromatic carbocycles. The number of hydrogen-bond acceptors (Lipinski definition) is 4. The van der Waals surface area contributed by atoms with Crippen LogP contribution in [0.15, 0.2) is 84.0 Å². The number of hydrogen-bond donors (Lipinski definition) is 1. The molecule has 6 heteroatoms. The van der Waals surface area contributed by atoms with Crippen molar-refractivity contribution in [3.05, 3.63) is 90.4 Å². The lowest BCUT2D eigenvalue weighted by Gasteiger charge is -2.11. The summed E-state index contributed by atoms with van der Waals surface area (Å²) < 4.78 is 7.85. The van der Waals surface area contributed by atoms with Crippen molar-refractivity contribution in [3.8, 4) is 5.75 Å². The molecule has 0 atom stereocenters.